The molecule has 0 radical (unpaired) electrons. The fourth-order valence-corrected chi connectivity index (χ4v) is 5.24. The molecular formula is C25H26N6O4. The minimum Gasteiger partial charge on any atom is -0.441 e. The summed E-state index contributed by atoms with van der Waals surface area (Å²) in [5.41, 5.74) is 0.374. The van der Waals surface area contributed by atoms with Gasteiger partial charge < -0.3 is 14.8 Å². The molecule has 2 fully saturated rings. The zero-order chi connectivity index (χ0) is 25.0. The van der Waals surface area contributed by atoms with Crippen molar-refractivity contribution in [2.24, 2.45) is 5.41 Å². The van der Waals surface area contributed by atoms with Crippen LogP contribution in [0.5, 0.6) is 0 Å². The van der Waals surface area contributed by atoms with Crippen LogP contribution in [0.3, 0.4) is 0 Å². The van der Waals surface area contributed by atoms with Crippen molar-refractivity contribution < 1.29 is 19.4 Å². The molecular weight excluding hydrogens is 448 g/mol. The van der Waals surface area contributed by atoms with Crippen LogP contribution in [-0.2, 0) is 21.6 Å². The Morgan fingerprint density at radius 2 is 2.06 bits per heavy atom. The molecule has 2 atom stereocenters. The lowest BCUT2D eigenvalue weighted by Crippen LogP contribution is -2.49. The number of hydrogen-bond donors (Lipinski definition) is 2. The first-order chi connectivity index (χ1) is 16.5. The number of carbonyl (C=O) groups excluding carboxylic acids is 2. The van der Waals surface area contributed by atoms with Crippen molar-refractivity contribution in [1.82, 2.24) is 19.9 Å². The first-order valence-corrected chi connectivity index (χ1v) is 11.5. The number of rotatable bonds is 4. The molecule has 3 aromatic rings. The van der Waals surface area contributed by atoms with Crippen molar-refractivity contribution >= 4 is 28.7 Å². The first-order valence-electron chi connectivity index (χ1n) is 11.5. The van der Waals surface area contributed by atoms with E-state index in [-0.39, 0.29) is 18.7 Å². The maximum Gasteiger partial charge on any atom is 0.416 e. The first kappa shape index (κ1) is 22.9. The van der Waals surface area contributed by atoms with E-state index in [9.17, 15) is 20.0 Å². The molecule has 0 bridgehead atoms. The number of aromatic nitrogens is 4. The Bertz CT molecular complexity index is 1370. The van der Waals surface area contributed by atoms with Gasteiger partial charge in [0.05, 0.1) is 53.6 Å². The number of carbonyl (C=O) groups is 2. The molecule has 1 saturated carbocycles. The fourth-order valence-electron chi connectivity index (χ4n) is 5.24. The quantitative estimate of drug-likeness (QED) is 0.586. The van der Waals surface area contributed by atoms with E-state index < -0.39 is 22.7 Å². The maximum atomic E-state index is 13.2. The molecule has 180 valence electrons. The molecule has 10 heteroatoms. The zero-order valence-electron chi connectivity index (χ0n) is 19.8. The standard InChI is InChI=1S/C25H26N6O4/c1-23(2,34)18-10-28-20(11-27-18)31-13-25(35-22(31)33)5-4-19(32)24(3,12-25)8-16-6-15(9-26)7-17-21(16)30-14-29-17/h6-7,10-11,14,34H,4-5,8,12-13H2,1-3H3,(H,29,30)/t24-,25-/m0/s1. The maximum absolute atomic E-state index is 13.2. The number of imidazole rings is 1. The molecule has 1 spiro atoms. The Morgan fingerprint density at radius 3 is 2.74 bits per heavy atom. The van der Waals surface area contributed by atoms with Crippen LogP contribution in [0.25, 0.3) is 11.0 Å². The summed E-state index contributed by atoms with van der Waals surface area (Å²) in [6, 6.07) is 5.67. The highest BCUT2D eigenvalue weighted by molar-refractivity contribution is 5.91. The smallest absolute Gasteiger partial charge is 0.416 e. The van der Waals surface area contributed by atoms with E-state index in [1.807, 2.05) is 6.92 Å². The number of benzene rings is 1. The van der Waals surface area contributed by atoms with Gasteiger partial charge in [0.1, 0.15) is 17.0 Å². The molecule has 10 nitrogen and oxygen atoms in total. The second kappa shape index (κ2) is 7.85. The van der Waals surface area contributed by atoms with E-state index in [2.05, 4.69) is 26.0 Å². The van der Waals surface area contributed by atoms with Gasteiger partial charge in [0.15, 0.2) is 5.82 Å². The van der Waals surface area contributed by atoms with Gasteiger partial charge in [-0.05, 0) is 44.4 Å². The third kappa shape index (κ3) is 4.02. The molecule has 2 N–H and O–H groups in total. The number of amides is 1. The Kier molecular flexibility index (Phi) is 5.14. The lowest BCUT2D eigenvalue weighted by molar-refractivity contribution is -0.137. The predicted octanol–water partition coefficient (Wildman–Crippen LogP) is 3.15. The molecule has 1 saturated heterocycles. The van der Waals surface area contributed by atoms with E-state index in [1.54, 1.807) is 32.3 Å². The summed E-state index contributed by atoms with van der Waals surface area (Å²) in [6.45, 7) is 5.36. The van der Waals surface area contributed by atoms with Crippen LogP contribution in [0.15, 0.2) is 30.9 Å². The summed E-state index contributed by atoms with van der Waals surface area (Å²) in [5.74, 6) is 0.427. The second-order valence-corrected chi connectivity index (χ2v) is 10.3. The number of anilines is 1. The molecule has 1 aliphatic carbocycles. The lowest BCUT2D eigenvalue weighted by atomic mass is 9.65. The summed E-state index contributed by atoms with van der Waals surface area (Å²) < 4.78 is 5.90. The Labute approximate surface area is 202 Å². The topological polar surface area (TPSA) is 145 Å². The SMILES string of the molecule is CC(C)(O)c1cnc(N2C[C@@]3(CCC(=O)[C@@](C)(Cc4cc(C#N)cc5[nH]cnc45)C3)OC2=O)cn1. The van der Waals surface area contributed by atoms with Crippen LogP contribution in [0.4, 0.5) is 10.6 Å². The van der Waals surface area contributed by atoms with E-state index in [0.29, 0.717) is 36.3 Å². The average Bonchev–Trinajstić information content (AvgIpc) is 3.40. The number of nitrogens with zero attached hydrogens (tertiary/aromatic N) is 5. The number of aromatic amines is 1. The largest absolute Gasteiger partial charge is 0.441 e. The molecule has 1 amide bonds. The number of hydrogen-bond acceptors (Lipinski definition) is 8. The van der Waals surface area contributed by atoms with Crippen LogP contribution >= 0.6 is 0 Å². The van der Waals surface area contributed by atoms with Gasteiger partial charge in [-0.3, -0.25) is 14.7 Å². The van der Waals surface area contributed by atoms with Crippen LogP contribution in [0.2, 0.25) is 0 Å². The minimum atomic E-state index is -1.15. The molecule has 5 rings (SSSR count). The van der Waals surface area contributed by atoms with Crippen LogP contribution in [0, 0.1) is 16.7 Å². The summed E-state index contributed by atoms with van der Waals surface area (Å²) in [7, 11) is 0. The number of ether oxygens (including phenoxy) is 1. The molecule has 3 heterocycles. The highest BCUT2D eigenvalue weighted by atomic mass is 16.6. The van der Waals surface area contributed by atoms with E-state index in [0.717, 1.165) is 16.6 Å². The highest BCUT2D eigenvalue weighted by Crippen LogP contribution is 2.47. The highest BCUT2D eigenvalue weighted by Gasteiger charge is 2.55. The summed E-state index contributed by atoms with van der Waals surface area (Å²) in [4.78, 5) is 43.4. The van der Waals surface area contributed by atoms with Crippen molar-refractivity contribution in [3.05, 3.63) is 47.7 Å². The van der Waals surface area contributed by atoms with Crippen molar-refractivity contribution in [3.8, 4) is 6.07 Å². The molecule has 1 aromatic carbocycles. The minimum absolute atomic E-state index is 0.0954. The Balaban J connectivity index is 1.42. The van der Waals surface area contributed by atoms with E-state index in [4.69, 9.17) is 4.74 Å². The van der Waals surface area contributed by atoms with Crippen LogP contribution < -0.4 is 4.90 Å². The number of ketones is 1. The van der Waals surface area contributed by atoms with Crippen molar-refractivity contribution in [2.75, 3.05) is 11.4 Å². The third-order valence-corrected chi connectivity index (χ3v) is 7.02. The van der Waals surface area contributed by atoms with Gasteiger partial charge in [0, 0.05) is 18.3 Å². The van der Waals surface area contributed by atoms with Gasteiger partial charge in [-0.1, -0.05) is 6.92 Å². The van der Waals surface area contributed by atoms with Crippen LogP contribution in [0.1, 0.15) is 56.9 Å². The van der Waals surface area contributed by atoms with E-state index >= 15 is 0 Å². The lowest BCUT2D eigenvalue weighted by Gasteiger charge is -2.41. The fraction of sp³-hybridized carbons (Fsp3) is 0.440. The predicted molar refractivity (Wildman–Crippen MR) is 125 cm³/mol. The van der Waals surface area contributed by atoms with Crippen molar-refractivity contribution in [1.29, 1.82) is 5.26 Å². The third-order valence-electron chi connectivity index (χ3n) is 7.02. The number of aliphatic hydroxyl groups is 1. The monoisotopic (exact) mass is 474 g/mol. The van der Waals surface area contributed by atoms with Gasteiger partial charge in [-0.25, -0.2) is 14.8 Å². The van der Waals surface area contributed by atoms with Gasteiger partial charge in [0.2, 0.25) is 0 Å². The van der Waals surface area contributed by atoms with Crippen molar-refractivity contribution in [2.45, 2.75) is 57.7 Å². The molecule has 1 aliphatic heterocycles. The molecule has 2 aliphatic rings. The normalized spacial score (nSPS) is 24.7. The Hall–Kier alpha value is -3.84. The van der Waals surface area contributed by atoms with Gasteiger partial charge >= 0.3 is 6.09 Å². The van der Waals surface area contributed by atoms with E-state index in [1.165, 1.54) is 17.3 Å². The summed E-state index contributed by atoms with van der Waals surface area (Å²) in [6.07, 6.45) is 5.36. The van der Waals surface area contributed by atoms with Crippen molar-refractivity contribution in [3.63, 3.8) is 0 Å². The summed E-state index contributed by atoms with van der Waals surface area (Å²) >= 11 is 0. The number of nitriles is 1. The number of Topliss-reactive ketones (excluding diaryl/α,β-unsaturated/α-hetero) is 1. The number of fused-ring (bicyclic) bond motifs is 1. The van der Waals surface area contributed by atoms with Gasteiger partial charge in [0.25, 0.3) is 0 Å². The number of nitrogens with one attached hydrogen (secondary N) is 1. The zero-order valence-corrected chi connectivity index (χ0v) is 19.8. The van der Waals surface area contributed by atoms with Gasteiger partial charge in [-0.2, -0.15) is 5.26 Å². The van der Waals surface area contributed by atoms with Gasteiger partial charge in [-0.15, -0.1) is 0 Å². The average molecular weight is 475 g/mol. The molecule has 2 aromatic heterocycles. The summed E-state index contributed by atoms with van der Waals surface area (Å²) in [5, 5.41) is 19.6. The number of H-pyrrole nitrogens is 1. The molecule has 35 heavy (non-hydrogen) atoms. The molecule has 0 unspecified atom stereocenters. The Morgan fingerprint density at radius 1 is 1.26 bits per heavy atom. The van der Waals surface area contributed by atoms with Crippen LogP contribution in [-0.4, -0.2) is 49.1 Å². The second-order valence-electron chi connectivity index (χ2n) is 10.3.